The summed E-state index contributed by atoms with van der Waals surface area (Å²) in [7, 11) is 6.25. The zero-order chi connectivity index (χ0) is 10.1. The van der Waals surface area contributed by atoms with Crippen molar-refractivity contribution in [2.75, 3.05) is 21.1 Å². The number of quaternary nitrogens is 1. The van der Waals surface area contributed by atoms with Gasteiger partial charge in [0.25, 0.3) is 0 Å². The second-order valence-electron chi connectivity index (χ2n) is 3.14. The topological polar surface area (TPSA) is 44.6 Å². The first kappa shape index (κ1) is 18.3. The molecule has 0 unspecified atom stereocenters. The molecule has 0 spiro atoms. The summed E-state index contributed by atoms with van der Waals surface area (Å²) in [6, 6.07) is 0. The summed E-state index contributed by atoms with van der Waals surface area (Å²) < 4.78 is 0. The van der Waals surface area contributed by atoms with Gasteiger partial charge in [0, 0.05) is 0 Å². The van der Waals surface area contributed by atoms with Crippen molar-refractivity contribution in [2.24, 2.45) is 0 Å². The minimum absolute atomic E-state index is 0. The van der Waals surface area contributed by atoms with Crippen LogP contribution in [0.2, 0.25) is 0 Å². The summed E-state index contributed by atoms with van der Waals surface area (Å²) in [4.78, 5) is 11.3. The molecule has 0 radical (unpaired) electrons. The van der Waals surface area contributed by atoms with E-state index in [1.54, 1.807) is 0 Å². The molecule has 0 heterocycles. The largest absolute Gasteiger partial charge is 1.00 e. The number of carbonyl (C=O) groups excluding carboxylic acids is 1. The molecule has 4 heteroatoms. The Hall–Kier alpha value is -0.540. The molecule has 0 aromatic carbocycles. The highest BCUT2D eigenvalue weighted by atomic mass is 35.5. The first-order valence-corrected chi connectivity index (χ1v) is 4.07. The highest BCUT2D eigenvalue weighted by Crippen LogP contribution is 1.97. The highest BCUT2D eigenvalue weighted by Gasteiger charge is 1.89. The second kappa shape index (κ2) is 11.5. The molecule has 0 aliphatic rings. The molecule has 80 valence electrons. The standard InChI is InChI=1S/C6H10O2.C3H9N.ClH/c1-3-4-5(2)6(7)8;1-4(2)3;/h2-4H2,1H3,(H,7,8);1-3H3;1H/p-1. The minimum Gasteiger partial charge on any atom is -1.00 e. The van der Waals surface area contributed by atoms with E-state index in [1.807, 2.05) is 6.92 Å². The quantitative estimate of drug-likeness (QED) is 0.479. The number of hydrogen-bond acceptors (Lipinski definition) is 2. The normalized spacial score (nSPS) is 8.08. The zero-order valence-electron chi connectivity index (χ0n) is 8.82. The Labute approximate surface area is 86.8 Å². The summed E-state index contributed by atoms with van der Waals surface area (Å²) in [5, 5.41) is 9.88. The molecule has 0 fully saturated rings. The monoisotopic (exact) mass is 208 g/mol. The van der Waals surface area contributed by atoms with Gasteiger partial charge in [0.1, 0.15) is 0 Å². The van der Waals surface area contributed by atoms with Crippen molar-refractivity contribution >= 4 is 5.97 Å². The number of carboxylic acids is 1. The number of hydrogen-bond donors (Lipinski definition) is 1. The van der Waals surface area contributed by atoms with Crippen molar-refractivity contribution in [3.63, 3.8) is 0 Å². The third-order valence-electron chi connectivity index (χ3n) is 0.840. The fourth-order valence-corrected chi connectivity index (χ4v) is 0.404. The predicted molar refractivity (Wildman–Crippen MR) is 47.8 cm³/mol. The van der Waals surface area contributed by atoms with E-state index in [4.69, 9.17) is 0 Å². The third-order valence-corrected chi connectivity index (χ3v) is 0.840. The van der Waals surface area contributed by atoms with Gasteiger partial charge >= 0.3 is 0 Å². The molecule has 0 aromatic heterocycles. The van der Waals surface area contributed by atoms with Gasteiger partial charge in [0.05, 0.1) is 27.1 Å². The zero-order valence-corrected chi connectivity index (χ0v) is 9.57. The molecule has 0 amide bonds. The molecular formula is C9H19ClNO2-. The average molecular weight is 209 g/mol. The fourth-order valence-electron chi connectivity index (χ4n) is 0.404. The van der Waals surface area contributed by atoms with Gasteiger partial charge in [-0.05, 0) is 12.0 Å². The van der Waals surface area contributed by atoms with Crippen LogP contribution in [-0.4, -0.2) is 27.1 Å². The molecule has 0 saturated carbocycles. The van der Waals surface area contributed by atoms with Crippen molar-refractivity contribution in [3.05, 3.63) is 12.2 Å². The molecule has 0 aliphatic carbocycles. The lowest BCUT2D eigenvalue weighted by Gasteiger charge is -2.01. The molecule has 0 atom stereocenters. The van der Waals surface area contributed by atoms with Crippen molar-refractivity contribution in [3.8, 4) is 0 Å². The van der Waals surface area contributed by atoms with Crippen LogP contribution in [-0.2, 0) is 4.79 Å². The van der Waals surface area contributed by atoms with Crippen LogP contribution in [0.5, 0.6) is 0 Å². The van der Waals surface area contributed by atoms with E-state index >= 15 is 0 Å². The fraction of sp³-hybridized carbons (Fsp3) is 0.667. The predicted octanol–water partition coefficient (Wildman–Crippen LogP) is -4.14. The van der Waals surface area contributed by atoms with Crippen LogP contribution < -0.4 is 22.4 Å². The van der Waals surface area contributed by atoms with Crippen molar-refractivity contribution in [2.45, 2.75) is 19.8 Å². The van der Waals surface area contributed by atoms with E-state index < -0.39 is 5.97 Å². The molecule has 3 nitrogen and oxygen atoms in total. The van der Waals surface area contributed by atoms with E-state index in [0.717, 1.165) is 6.42 Å². The van der Waals surface area contributed by atoms with E-state index in [2.05, 4.69) is 27.7 Å². The maximum Gasteiger partial charge on any atom is 0.0668 e. The Morgan fingerprint density at radius 1 is 1.38 bits per heavy atom. The van der Waals surface area contributed by atoms with E-state index in [1.165, 1.54) is 4.90 Å². The maximum atomic E-state index is 9.88. The molecule has 1 N–H and O–H groups in total. The summed E-state index contributed by atoms with van der Waals surface area (Å²) >= 11 is 0. The number of carbonyl (C=O) groups is 1. The number of aliphatic carboxylic acids is 1. The van der Waals surface area contributed by atoms with Gasteiger partial charge in [-0.25, -0.2) is 0 Å². The van der Waals surface area contributed by atoms with Crippen LogP contribution in [0.1, 0.15) is 19.8 Å². The van der Waals surface area contributed by atoms with Crippen LogP contribution in [0.15, 0.2) is 12.2 Å². The molecule has 0 aliphatic heterocycles. The maximum absolute atomic E-state index is 9.88. The minimum atomic E-state index is -1.13. The molecule has 0 aromatic rings. The Balaban J connectivity index is -0.000000173. The second-order valence-corrected chi connectivity index (χ2v) is 3.14. The number of carboxylic acid groups (broad SMARTS) is 1. The molecule has 0 rings (SSSR count). The van der Waals surface area contributed by atoms with Crippen molar-refractivity contribution < 1.29 is 27.2 Å². The van der Waals surface area contributed by atoms with Crippen LogP contribution >= 0.6 is 0 Å². The third kappa shape index (κ3) is 24.6. The summed E-state index contributed by atoms with van der Waals surface area (Å²) in [6.07, 6.45) is 1.34. The summed E-state index contributed by atoms with van der Waals surface area (Å²) in [5.74, 6) is -1.13. The number of rotatable bonds is 3. The smallest absolute Gasteiger partial charge is 0.0668 e. The first-order chi connectivity index (χ1) is 5.41. The highest BCUT2D eigenvalue weighted by molar-refractivity contribution is 5.83. The van der Waals surface area contributed by atoms with Gasteiger partial charge in [-0.1, -0.05) is 19.9 Å². The lowest BCUT2D eigenvalue weighted by Crippen LogP contribution is -3.02. The van der Waals surface area contributed by atoms with Gasteiger partial charge in [-0.2, -0.15) is 0 Å². The Kier molecular flexibility index (Phi) is 16.1. The van der Waals surface area contributed by atoms with Crippen LogP contribution in [0.3, 0.4) is 0 Å². The number of nitrogens with one attached hydrogen (secondary N) is 1. The molecule has 0 bridgehead atoms. The number of halogens is 1. The Morgan fingerprint density at radius 2 is 1.69 bits per heavy atom. The van der Waals surface area contributed by atoms with Gasteiger partial charge in [-0.15, -0.1) is 0 Å². The summed E-state index contributed by atoms with van der Waals surface area (Å²) in [5.41, 5.74) is 0.188. The lowest BCUT2D eigenvalue weighted by molar-refractivity contribution is -0.836. The van der Waals surface area contributed by atoms with Gasteiger partial charge in [-0.3, -0.25) is 0 Å². The van der Waals surface area contributed by atoms with Gasteiger partial charge < -0.3 is 27.2 Å². The Morgan fingerprint density at radius 3 is 1.77 bits per heavy atom. The van der Waals surface area contributed by atoms with E-state index in [-0.39, 0.29) is 18.0 Å². The van der Waals surface area contributed by atoms with Crippen molar-refractivity contribution in [1.29, 1.82) is 0 Å². The molecule has 13 heavy (non-hydrogen) atoms. The van der Waals surface area contributed by atoms with E-state index in [0.29, 0.717) is 6.42 Å². The molecular weight excluding hydrogens is 190 g/mol. The van der Waals surface area contributed by atoms with E-state index in [9.17, 15) is 9.90 Å². The summed E-state index contributed by atoms with van der Waals surface area (Å²) in [6.45, 7) is 5.18. The average Bonchev–Trinajstić information content (AvgIpc) is 1.86. The van der Waals surface area contributed by atoms with Crippen molar-refractivity contribution in [1.82, 2.24) is 0 Å². The lowest BCUT2D eigenvalue weighted by atomic mass is 10.2. The van der Waals surface area contributed by atoms with Crippen LogP contribution in [0, 0.1) is 0 Å². The van der Waals surface area contributed by atoms with Crippen LogP contribution in [0.25, 0.3) is 0 Å². The van der Waals surface area contributed by atoms with Gasteiger partial charge in [0.2, 0.25) is 0 Å². The van der Waals surface area contributed by atoms with Crippen LogP contribution in [0.4, 0.5) is 0 Å². The SMILES string of the molecule is C=C(CCC)C(=O)[O-].C[NH+](C)C.[Cl-]. The van der Waals surface area contributed by atoms with Gasteiger partial charge in [0.15, 0.2) is 0 Å². The Bertz CT molecular complexity index is 144. The molecule has 0 saturated heterocycles. The first-order valence-electron chi connectivity index (χ1n) is 4.07.